The fourth-order valence-corrected chi connectivity index (χ4v) is 2.13. The Kier molecular flexibility index (Phi) is 1.91. The molecule has 3 nitrogen and oxygen atoms in total. The highest BCUT2D eigenvalue weighted by atomic mass is 35.5. The molecule has 0 aliphatic carbocycles. The lowest BCUT2D eigenvalue weighted by atomic mass is 10.1. The SMILES string of the molecule is Cc1oc2c(ccc3c(Cl)nncc32)c1C. The molecule has 0 bridgehead atoms. The lowest BCUT2D eigenvalue weighted by molar-refractivity contribution is 0.578. The second-order valence-electron chi connectivity index (χ2n) is 3.82. The maximum Gasteiger partial charge on any atom is 0.159 e. The number of rotatable bonds is 0. The maximum atomic E-state index is 5.99. The first-order chi connectivity index (χ1) is 7.68. The molecule has 4 heteroatoms. The van der Waals surface area contributed by atoms with E-state index in [1.165, 1.54) is 0 Å². The quantitative estimate of drug-likeness (QED) is 0.594. The normalized spacial score (nSPS) is 11.4. The van der Waals surface area contributed by atoms with Gasteiger partial charge in [-0.15, -0.1) is 5.10 Å². The van der Waals surface area contributed by atoms with Crippen LogP contribution in [0.2, 0.25) is 5.15 Å². The molecule has 2 heterocycles. The summed E-state index contributed by atoms with van der Waals surface area (Å²) in [5.74, 6) is 0.926. The molecule has 0 unspecified atom stereocenters. The van der Waals surface area contributed by atoms with Crippen LogP contribution < -0.4 is 0 Å². The molecule has 0 fully saturated rings. The molecule has 16 heavy (non-hydrogen) atoms. The number of furan rings is 1. The second-order valence-corrected chi connectivity index (χ2v) is 4.18. The van der Waals surface area contributed by atoms with Gasteiger partial charge in [-0.2, -0.15) is 5.10 Å². The third-order valence-electron chi connectivity index (χ3n) is 2.94. The summed E-state index contributed by atoms with van der Waals surface area (Å²) in [4.78, 5) is 0. The van der Waals surface area contributed by atoms with E-state index in [0.717, 1.165) is 33.1 Å². The van der Waals surface area contributed by atoms with Gasteiger partial charge in [-0.25, -0.2) is 0 Å². The summed E-state index contributed by atoms with van der Waals surface area (Å²) >= 11 is 5.99. The van der Waals surface area contributed by atoms with E-state index in [-0.39, 0.29) is 0 Å². The van der Waals surface area contributed by atoms with Crippen molar-refractivity contribution >= 4 is 33.3 Å². The Morgan fingerprint density at radius 2 is 1.88 bits per heavy atom. The lowest BCUT2D eigenvalue weighted by Gasteiger charge is -1.98. The van der Waals surface area contributed by atoms with Crippen LogP contribution in [-0.2, 0) is 0 Å². The minimum atomic E-state index is 0.408. The van der Waals surface area contributed by atoms with E-state index in [1.54, 1.807) is 6.20 Å². The summed E-state index contributed by atoms with van der Waals surface area (Å²) in [5.41, 5.74) is 1.99. The predicted octanol–water partition coefficient (Wildman–Crippen LogP) is 3.65. The first-order valence-electron chi connectivity index (χ1n) is 4.98. The zero-order valence-corrected chi connectivity index (χ0v) is 9.67. The molecule has 0 aliphatic rings. The minimum Gasteiger partial charge on any atom is -0.460 e. The van der Waals surface area contributed by atoms with Crippen LogP contribution in [0.4, 0.5) is 0 Å². The van der Waals surface area contributed by atoms with E-state index in [9.17, 15) is 0 Å². The van der Waals surface area contributed by atoms with Crippen molar-refractivity contribution in [3.05, 3.63) is 34.8 Å². The molecule has 2 aromatic heterocycles. The van der Waals surface area contributed by atoms with Crippen molar-refractivity contribution in [2.75, 3.05) is 0 Å². The summed E-state index contributed by atoms with van der Waals surface area (Å²) in [6, 6.07) is 3.97. The lowest BCUT2D eigenvalue weighted by Crippen LogP contribution is -1.84. The van der Waals surface area contributed by atoms with Crippen molar-refractivity contribution < 1.29 is 4.42 Å². The minimum absolute atomic E-state index is 0.408. The number of fused-ring (bicyclic) bond motifs is 3. The Bertz CT molecular complexity index is 703. The van der Waals surface area contributed by atoms with Gasteiger partial charge in [0.05, 0.1) is 6.20 Å². The third-order valence-corrected chi connectivity index (χ3v) is 3.22. The largest absolute Gasteiger partial charge is 0.460 e. The molecule has 0 amide bonds. The van der Waals surface area contributed by atoms with Crippen LogP contribution in [-0.4, -0.2) is 10.2 Å². The number of hydrogen-bond acceptors (Lipinski definition) is 3. The van der Waals surface area contributed by atoms with Crippen molar-refractivity contribution in [3.8, 4) is 0 Å². The number of benzene rings is 1. The maximum absolute atomic E-state index is 5.99. The summed E-state index contributed by atoms with van der Waals surface area (Å²) in [6.07, 6.45) is 1.69. The van der Waals surface area contributed by atoms with E-state index < -0.39 is 0 Å². The van der Waals surface area contributed by atoms with E-state index in [4.69, 9.17) is 16.0 Å². The van der Waals surface area contributed by atoms with Gasteiger partial charge < -0.3 is 4.42 Å². The third kappa shape index (κ3) is 1.15. The van der Waals surface area contributed by atoms with Crippen molar-refractivity contribution in [1.29, 1.82) is 0 Å². The molecule has 0 N–H and O–H groups in total. The molecular weight excluding hydrogens is 224 g/mol. The number of aromatic nitrogens is 2. The highest BCUT2D eigenvalue weighted by molar-refractivity contribution is 6.34. The first kappa shape index (κ1) is 9.60. The monoisotopic (exact) mass is 232 g/mol. The molecule has 0 atom stereocenters. The van der Waals surface area contributed by atoms with Gasteiger partial charge in [0.15, 0.2) is 5.15 Å². The van der Waals surface area contributed by atoms with Gasteiger partial charge >= 0.3 is 0 Å². The Hall–Kier alpha value is -1.61. The van der Waals surface area contributed by atoms with Crippen LogP contribution in [0.25, 0.3) is 21.7 Å². The van der Waals surface area contributed by atoms with Gasteiger partial charge in [-0.3, -0.25) is 0 Å². The van der Waals surface area contributed by atoms with Crippen LogP contribution in [0.3, 0.4) is 0 Å². The highest BCUT2D eigenvalue weighted by Crippen LogP contribution is 2.32. The van der Waals surface area contributed by atoms with Crippen LogP contribution >= 0.6 is 11.6 Å². The molecule has 0 saturated carbocycles. The molecule has 3 rings (SSSR count). The van der Waals surface area contributed by atoms with Crippen molar-refractivity contribution in [3.63, 3.8) is 0 Å². The van der Waals surface area contributed by atoms with Crippen molar-refractivity contribution in [1.82, 2.24) is 10.2 Å². The van der Waals surface area contributed by atoms with Crippen LogP contribution in [0.1, 0.15) is 11.3 Å². The average Bonchev–Trinajstić information content (AvgIpc) is 2.56. The molecule has 3 aromatic rings. The van der Waals surface area contributed by atoms with Gasteiger partial charge in [0.1, 0.15) is 11.3 Å². The van der Waals surface area contributed by atoms with Crippen LogP contribution in [0, 0.1) is 13.8 Å². The first-order valence-corrected chi connectivity index (χ1v) is 5.36. The summed E-state index contributed by atoms with van der Waals surface area (Å²) < 4.78 is 5.74. The van der Waals surface area contributed by atoms with Crippen molar-refractivity contribution in [2.24, 2.45) is 0 Å². The topological polar surface area (TPSA) is 38.9 Å². The summed E-state index contributed by atoms with van der Waals surface area (Å²) in [7, 11) is 0. The fraction of sp³-hybridized carbons (Fsp3) is 0.167. The highest BCUT2D eigenvalue weighted by Gasteiger charge is 2.11. The van der Waals surface area contributed by atoms with Gasteiger partial charge in [0, 0.05) is 16.2 Å². The zero-order valence-electron chi connectivity index (χ0n) is 8.91. The molecule has 0 aliphatic heterocycles. The van der Waals surface area contributed by atoms with Crippen molar-refractivity contribution in [2.45, 2.75) is 13.8 Å². The number of hydrogen-bond donors (Lipinski definition) is 0. The Morgan fingerprint density at radius 3 is 2.69 bits per heavy atom. The fourth-order valence-electron chi connectivity index (χ4n) is 1.92. The average molecular weight is 233 g/mol. The molecule has 0 spiro atoms. The molecule has 0 radical (unpaired) electrons. The van der Waals surface area contributed by atoms with Crippen LogP contribution in [0.15, 0.2) is 22.7 Å². The molecular formula is C12H9ClN2O. The Morgan fingerprint density at radius 1 is 1.12 bits per heavy atom. The van der Waals surface area contributed by atoms with Gasteiger partial charge in [-0.05, 0) is 19.4 Å². The zero-order chi connectivity index (χ0) is 11.3. The van der Waals surface area contributed by atoms with Gasteiger partial charge in [0.2, 0.25) is 0 Å². The van der Waals surface area contributed by atoms with Crippen LogP contribution in [0.5, 0.6) is 0 Å². The van der Waals surface area contributed by atoms with E-state index in [0.29, 0.717) is 5.15 Å². The number of aryl methyl sites for hydroxylation is 2. The number of nitrogens with zero attached hydrogens (tertiary/aromatic N) is 2. The van der Waals surface area contributed by atoms with E-state index in [2.05, 4.69) is 10.2 Å². The molecule has 1 aromatic carbocycles. The Balaban J connectivity index is 2.60. The van der Waals surface area contributed by atoms with E-state index >= 15 is 0 Å². The van der Waals surface area contributed by atoms with E-state index in [1.807, 2.05) is 26.0 Å². The second kappa shape index (κ2) is 3.19. The number of halogens is 1. The Labute approximate surface area is 97.0 Å². The molecule has 0 saturated heterocycles. The van der Waals surface area contributed by atoms with Gasteiger partial charge in [-0.1, -0.05) is 23.7 Å². The molecule has 80 valence electrons. The standard InChI is InChI=1S/C12H9ClN2O/c1-6-7(2)16-11-8(6)3-4-9-10(11)5-14-15-12(9)13/h3-5H,1-2H3. The van der Waals surface area contributed by atoms with Gasteiger partial charge in [0.25, 0.3) is 0 Å². The summed E-state index contributed by atoms with van der Waals surface area (Å²) in [5, 5.41) is 11.0. The summed E-state index contributed by atoms with van der Waals surface area (Å²) in [6.45, 7) is 4.00. The predicted molar refractivity (Wildman–Crippen MR) is 63.8 cm³/mol. The smallest absolute Gasteiger partial charge is 0.159 e.